The average Bonchev–Trinajstić information content (AvgIpc) is 3.54. The van der Waals surface area contributed by atoms with Crippen molar-refractivity contribution in [2.45, 2.75) is 43.8 Å². The molecule has 0 spiro atoms. The SMILES string of the molecule is COc1ccc([C@H](Cc2c(Cl)c[n+](O)cc2Cl)c2cc(CN(C3COC3)C(C(=O)OCC3CCN(C)CC3)c3ccccc3)sc2C(=O)O)cc1OC. The molecular formula is C39H44Cl2N3O8S+. The normalized spacial score (nSPS) is 16.6. The van der Waals surface area contributed by atoms with Crippen LogP contribution in [0, 0.1) is 5.92 Å². The van der Waals surface area contributed by atoms with Crippen LogP contribution in [0.3, 0.4) is 0 Å². The molecule has 0 saturated carbocycles. The van der Waals surface area contributed by atoms with Crippen molar-refractivity contribution in [2.75, 3.05) is 54.2 Å². The topological polar surface area (TPSA) is 122 Å². The highest BCUT2D eigenvalue weighted by atomic mass is 35.5. The van der Waals surface area contributed by atoms with E-state index < -0.39 is 17.9 Å². The third kappa shape index (κ3) is 9.08. The van der Waals surface area contributed by atoms with Crippen molar-refractivity contribution in [1.82, 2.24) is 9.80 Å². The molecule has 2 saturated heterocycles. The van der Waals surface area contributed by atoms with Gasteiger partial charge in [0, 0.05) is 27.6 Å². The van der Waals surface area contributed by atoms with Crippen molar-refractivity contribution in [2.24, 2.45) is 5.92 Å². The van der Waals surface area contributed by atoms with Gasteiger partial charge in [-0.1, -0.05) is 59.6 Å². The van der Waals surface area contributed by atoms with Gasteiger partial charge in [-0.15, -0.1) is 11.3 Å². The first-order valence-electron chi connectivity index (χ1n) is 17.5. The molecule has 282 valence electrons. The van der Waals surface area contributed by atoms with Gasteiger partial charge in [0.05, 0.1) is 40.1 Å². The summed E-state index contributed by atoms with van der Waals surface area (Å²) in [5, 5.41) is 21.1. The Kier molecular flexibility index (Phi) is 12.8. The number of rotatable bonds is 15. The Balaban J connectivity index is 1.38. The van der Waals surface area contributed by atoms with Crippen molar-refractivity contribution in [1.29, 1.82) is 0 Å². The molecular weight excluding hydrogens is 741 g/mol. The van der Waals surface area contributed by atoms with Crippen LogP contribution in [0.25, 0.3) is 0 Å². The number of carboxylic acids is 1. The molecule has 2 atom stereocenters. The van der Waals surface area contributed by atoms with E-state index in [1.165, 1.54) is 30.8 Å². The van der Waals surface area contributed by atoms with Gasteiger partial charge >= 0.3 is 11.9 Å². The summed E-state index contributed by atoms with van der Waals surface area (Å²) in [6.45, 7) is 3.43. The Morgan fingerprint density at radius 2 is 1.68 bits per heavy atom. The number of carbonyl (C=O) groups excluding carboxylic acids is 1. The predicted molar refractivity (Wildman–Crippen MR) is 201 cm³/mol. The summed E-state index contributed by atoms with van der Waals surface area (Å²) >= 11 is 14.4. The highest BCUT2D eigenvalue weighted by molar-refractivity contribution is 7.14. The second-order valence-corrected chi connectivity index (χ2v) is 15.5. The van der Waals surface area contributed by atoms with E-state index in [9.17, 15) is 19.9 Å². The number of aromatic carboxylic acids is 1. The highest BCUT2D eigenvalue weighted by Gasteiger charge is 2.39. The van der Waals surface area contributed by atoms with Crippen LogP contribution >= 0.6 is 34.5 Å². The second-order valence-electron chi connectivity index (χ2n) is 13.5. The first-order chi connectivity index (χ1) is 25.6. The molecule has 2 aliphatic rings. The molecule has 2 aliphatic heterocycles. The number of carboxylic acid groups (broad SMARTS) is 1. The van der Waals surface area contributed by atoms with Gasteiger partial charge in [0.15, 0.2) is 11.5 Å². The highest BCUT2D eigenvalue weighted by Crippen LogP contribution is 2.42. The van der Waals surface area contributed by atoms with Crippen LogP contribution in [0.15, 0.2) is 67.0 Å². The predicted octanol–water partition coefficient (Wildman–Crippen LogP) is 6.50. The number of aromatic nitrogens is 1. The third-order valence-electron chi connectivity index (χ3n) is 10.1. The number of hydrogen-bond donors (Lipinski definition) is 2. The molecule has 6 rings (SSSR count). The Bertz CT molecular complexity index is 1880. The molecule has 4 aromatic rings. The molecule has 4 heterocycles. The minimum Gasteiger partial charge on any atom is -0.493 e. The van der Waals surface area contributed by atoms with Crippen LogP contribution in [0.4, 0.5) is 0 Å². The number of benzene rings is 2. The molecule has 0 bridgehead atoms. The standard InChI is InChI=1S/C39H43Cl2N3O8S/c1-42-13-11-24(12-14-42)21-52-39(47)36(25-7-5-4-6-8-25)44(27-22-51-23-27)18-28-16-30(37(53-28)38(45)46)29(17-31-32(40)19-43(48)20-33(31)41)26-9-10-34(49-2)35(15-26)50-3/h4-10,15-16,19-20,24,27,29,36H,11-14,17-18,21-23H2,1-3H3,(H-,45,46,48)/p+1/t29-,36?/m0/s1. The quantitative estimate of drug-likeness (QED) is 0.0786. The monoisotopic (exact) mass is 784 g/mol. The van der Waals surface area contributed by atoms with Gasteiger partial charge in [-0.05, 0) is 80.2 Å². The average molecular weight is 786 g/mol. The van der Waals surface area contributed by atoms with E-state index in [1.54, 1.807) is 13.2 Å². The van der Waals surface area contributed by atoms with E-state index in [1.807, 2.05) is 48.5 Å². The number of carbonyl (C=O) groups is 2. The number of likely N-dealkylation sites (tertiary alicyclic amines) is 1. The van der Waals surface area contributed by atoms with Gasteiger partial charge < -0.3 is 29.0 Å². The van der Waals surface area contributed by atoms with Gasteiger partial charge in [-0.3, -0.25) is 10.1 Å². The minimum absolute atomic E-state index is 0.0938. The van der Waals surface area contributed by atoms with Crippen LogP contribution in [-0.4, -0.2) is 92.3 Å². The largest absolute Gasteiger partial charge is 0.493 e. The molecule has 11 nitrogen and oxygen atoms in total. The number of nitrogens with zero attached hydrogens (tertiary/aromatic N) is 3. The summed E-state index contributed by atoms with van der Waals surface area (Å²) in [6.07, 6.45) is 4.81. The Hall–Kier alpha value is -3.91. The fraction of sp³-hybridized carbons (Fsp3) is 0.410. The van der Waals surface area contributed by atoms with Crippen molar-refractivity contribution in [3.05, 3.63) is 109 Å². The zero-order chi connectivity index (χ0) is 37.6. The summed E-state index contributed by atoms with van der Waals surface area (Å²) < 4.78 is 23.6. The van der Waals surface area contributed by atoms with Gasteiger partial charge in [-0.2, -0.15) is 0 Å². The number of thiophene rings is 1. The fourth-order valence-corrected chi connectivity index (χ4v) is 8.68. The lowest BCUT2D eigenvalue weighted by molar-refractivity contribution is -0.904. The smallest absolute Gasteiger partial charge is 0.346 e. The lowest BCUT2D eigenvalue weighted by Gasteiger charge is -2.41. The molecule has 0 aliphatic carbocycles. The van der Waals surface area contributed by atoms with Crippen LogP contribution in [0.1, 0.15) is 61.6 Å². The Labute approximate surface area is 323 Å². The van der Waals surface area contributed by atoms with E-state index in [0.29, 0.717) is 48.4 Å². The summed E-state index contributed by atoms with van der Waals surface area (Å²) in [7, 11) is 5.18. The van der Waals surface area contributed by atoms with Gasteiger partial charge in [0.2, 0.25) is 12.4 Å². The first-order valence-corrected chi connectivity index (χ1v) is 19.0. The number of ether oxygens (including phenoxy) is 4. The van der Waals surface area contributed by atoms with Gasteiger partial charge in [0.25, 0.3) is 0 Å². The number of esters is 1. The minimum atomic E-state index is -1.09. The Morgan fingerprint density at radius 3 is 2.28 bits per heavy atom. The summed E-state index contributed by atoms with van der Waals surface area (Å²) in [6, 6.07) is 16.1. The number of halogens is 2. The van der Waals surface area contributed by atoms with Crippen LogP contribution in [0.2, 0.25) is 10.0 Å². The molecule has 1 unspecified atom stereocenters. The number of piperidine rings is 1. The van der Waals surface area contributed by atoms with Crippen molar-refractivity contribution < 1.29 is 43.6 Å². The maximum absolute atomic E-state index is 14.1. The second kappa shape index (κ2) is 17.5. The Morgan fingerprint density at radius 1 is 1.00 bits per heavy atom. The van der Waals surface area contributed by atoms with Crippen LogP contribution < -0.4 is 14.2 Å². The van der Waals surface area contributed by atoms with E-state index in [0.717, 1.165) is 46.7 Å². The zero-order valence-corrected chi connectivity index (χ0v) is 32.2. The summed E-state index contributed by atoms with van der Waals surface area (Å²) in [5.41, 5.74) is 2.61. The van der Waals surface area contributed by atoms with Crippen molar-refractivity contribution >= 4 is 46.5 Å². The van der Waals surface area contributed by atoms with E-state index in [-0.39, 0.29) is 39.9 Å². The molecule has 0 amide bonds. The van der Waals surface area contributed by atoms with Gasteiger partial charge in [0.1, 0.15) is 21.0 Å². The molecule has 53 heavy (non-hydrogen) atoms. The summed E-state index contributed by atoms with van der Waals surface area (Å²) in [5.74, 6) is -0.690. The van der Waals surface area contributed by atoms with Crippen LogP contribution in [0.5, 0.6) is 11.5 Å². The third-order valence-corrected chi connectivity index (χ3v) is 11.8. The summed E-state index contributed by atoms with van der Waals surface area (Å²) in [4.78, 5) is 32.4. The zero-order valence-electron chi connectivity index (χ0n) is 29.9. The lowest BCUT2D eigenvalue weighted by Crippen LogP contribution is -2.52. The lowest BCUT2D eigenvalue weighted by atomic mass is 9.85. The molecule has 2 fully saturated rings. The van der Waals surface area contributed by atoms with Crippen LogP contribution in [-0.2, 0) is 27.2 Å². The number of methoxy groups -OCH3 is 2. The van der Waals surface area contributed by atoms with E-state index in [4.69, 9.17) is 42.1 Å². The van der Waals surface area contributed by atoms with E-state index >= 15 is 0 Å². The maximum Gasteiger partial charge on any atom is 0.346 e. The molecule has 2 N–H and O–H groups in total. The molecule has 14 heteroatoms. The number of hydrogen-bond acceptors (Lipinski definition) is 10. The molecule has 2 aromatic carbocycles. The van der Waals surface area contributed by atoms with Crippen molar-refractivity contribution in [3.8, 4) is 11.5 Å². The van der Waals surface area contributed by atoms with Crippen molar-refractivity contribution in [3.63, 3.8) is 0 Å². The molecule has 2 aromatic heterocycles. The first kappa shape index (κ1) is 38.8. The number of pyridine rings is 1. The maximum atomic E-state index is 14.1. The van der Waals surface area contributed by atoms with Gasteiger partial charge in [-0.25, -0.2) is 9.59 Å². The van der Waals surface area contributed by atoms with E-state index in [2.05, 4.69) is 16.8 Å². The molecule has 0 radical (unpaired) electrons. The fourth-order valence-electron chi connectivity index (χ4n) is 7.01.